The van der Waals surface area contributed by atoms with E-state index in [4.69, 9.17) is 14.6 Å². The Hall–Kier alpha value is -2.66. The number of nitrogens with one attached hydrogen (secondary N) is 1. The SMILES string of the molecule is COCCN(CCC(=O)N1CCNCC1)C(=O)c1cccc(C)c1.O=C(O)C(F)(F)F. The third-order valence-corrected chi connectivity index (χ3v) is 4.43. The number of methoxy groups -OCH3 is 1. The van der Waals surface area contributed by atoms with Gasteiger partial charge in [0.25, 0.3) is 5.91 Å². The number of hydrogen-bond acceptors (Lipinski definition) is 5. The standard InChI is InChI=1S/C18H27N3O3.C2HF3O2/c1-15-4-3-5-16(14-15)18(23)21(12-13-24-2)9-6-17(22)20-10-7-19-8-11-20;3-2(4,5)1(6)7/h3-5,14,19H,6-13H2,1-2H3;(H,6,7). The van der Waals surface area contributed by atoms with Gasteiger partial charge in [-0.2, -0.15) is 13.2 Å². The second-order valence-electron chi connectivity index (χ2n) is 6.84. The molecular formula is C20H28F3N3O5. The van der Waals surface area contributed by atoms with E-state index in [2.05, 4.69) is 5.32 Å². The molecule has 1 aliphatic heterocycles. The molecule has 0 aliphatic carbocycles. The number of alkyl halides is 3. The molecule has 0 atom stereocenters. The lowest BCUT2D eigenvalue weighted by Gasteiger charge is -2.29. The second kappa shape index (κ2) is 12.9. The Kier molecular flexibility index (Phi) is 11.0. The van der Waals surface area contributed by atoms with Crippen LogP contribution in [0.2, 0.25) is 0 Å². The molecule has 8 nitrogen and oxygen atoms in total. The molecule has 1 saturated heterocycles. The van der Waals surface area contributed by atoms with Crippen molar-refractivity contribution in [1.82, 2.24) is 15.1 Å². The first kappa shape index (κ1) is 26.4. The molecule has 11 heteroatoms. The molecule has 0 bridgehead atoms. The van der Waals surface area contributed by atoms with E-state index in [1.165, 1.54) is 0 Å². The lowest BCUT2D eigenvalue weighted by molar-refractivity contribution is -0.192. The highest BCUT2D eigenvalue weighted by molar-refractivity contribution is 5.94. The van der Waals surface area contributed by atoms with Gasteiger partial charge in [0.1, 0.15) is 0 Å². The number of rotatable bonds is 7. The van der Waals surface area contributed by atoms with Crippen LogP contribution < -0.4 is 5.32 Å². The van der Waals surface area contributed by atoms with E-state index < -0.39 is 12.1 Å². The third kappa shape index (κ3) is 9.79. The molecule has 31 heavy (non-hydrogen) atoms. The summed E-state index contributed by atoms with van der Waals surface area (Å²) in [7, 11) is 1.61. The zero-order valence-electron chi connectivity index (χ0n) is 17.6. The Balaban J connectivity index is 0.000000592. The van der Waals surface area contributed by atoms with Crippen LogP contribution >= 0.6 is 0 Å². The second-order valence-corrected chi connectivity index (χ2v) is 6.84. The zero-order valence-corrected chi connectivity index (χ0v) is 17.6. The molecule has 1 fully saturated rings. The summed E-state index contributed by atoms with van der Waals surface area (Å²) in [6, 6.07) is 7.53. The van der Waals surface area contributed by atoms with E-state index >= 15 is 0 Å². The highest BCUT2D eigenvalue weighted by Crippen LogP contribution is 2.13. The normalized spacial score (nSPS) is 13.8. The monoisotopic (exact) mass is 447 g/mol. The van der Waals surface area contributed by atoms with Crippen LogP contribution in [-0.4, -0.2) is 91.9 Å². The number of aliphatic carboxylic acids is 1. The highest BCUT2D eigenvalue weighted by Gasteiger charge is 2.38. The molecule has 0 aromatic heterocycles. The summed E-state index contributed by atoms with van der Waals surface area (Å²) in [4.78, 5) is 37.5. The summed E-state index contributed by atoms with van der Waals surface area (Å²) in [5.41, 5.74) is 1.70. The van der Waals surface area contributed by atoms with E-state index in [1.807, 2.05) is 36.1 Å². The van der Waals surface area contributed by atoms with Crippen LogP contribution in [-0.2, 0) is 14.3 Å². The summed E-state index contributed by atoms with van der Waals surface area (Å²) in [6.45, 7) is 6.47. The number of nitrogens with zero attached hydrogens (tertiary/aromatic N) is 2. The molecule has 1 aliphatic rings. The minimum absolute atomic E-state index is 0.0520. The molecule has 1 aromatic carbocycles. The van der Waals surface area contributed by atoms with Gasteiger partial charge >= 0.3 is 12.1 Å². The van der Waals surface area contributed by atoms with Crippen LogP contribution in [0.5, 0.6) is 0 Å². The molecule has 2 amide bonds. The van der Waals surface area contributed by atoms with Crippen molar-refractivity contribution in [1.29, 1.82) is 0 Å². The number of piperazine rings is 1. The van der Waals surface area contributed by atoms with Gasteiger partial charge in [-0.25, -0.2) is 4.79 Å². The largest absolute Gasteiger partial charge is 0.490 e. The van der Waals surface area contributed by atoms with E-state index in [-0.39, 0.29) is 11.8 Å². The van der Waals surface area contributed by atoms with Crippen molar-refractivity contribution in [3.8, 4) is 0 Å². The molecule has 174 valence electrons. The zero-order chi connectivity index (χ0) is 23.4. The number of hydrogen-bond donors (Lipinski definition) is 2. The van der Waals surface area contributed by atoms with Gasteiger partial charge in [-0.15, -0.1) is 0 Å². The minimum atomic E-state index is -5.08. The third-order valence-electron chi connectivity index (χ3n) is 4.43. The van der Waals surface area contributed by atoms with Gasteiger partial charge in [-0.05, 0) is 19.1 Å². The number of halogens is 3. The van der Waals surface area contributed by atoms with Crippen LogP contribution in [0.4, 0.5) is 13.2 Å². The predicted octanol–water partition coefficient (Wildman–Crippen LogP) is 1.54. The summed E-state index contributed by atoms with van der Waals surface area (Å²) >= 11 is 0. The molecule has 0 spiro atoms. The predicted molar refractivity (Wildman–Crippen MR) is 107 cm³/mol. The van der Waals surface area contributed by atoms with Crippen LogP contribution in [0.1, 0.15) is 22.3 Å². The fraction of sp³-hybridized carbons (Fsp3) is 0.550. The first-order valence-electron chi connectivity index (χ1n) is 9.69. The van der Waals surface area contributed by atoms with E-state index in [9.17, 15) is 22.8 Å². The summed E-state index contributed by atoms with van der Waals surface area (Å²) in [5.74, 6) is -2.70. The Morgan fingerprint density at radius 1 is 1.19 bits per heavy atom. The van der Waals surface area contributed by atoms with Gasteiger partial charge in [-0.3, -0.25) is 9.59 Å². The van der Waals surface area contributed by atoms with Crippen molar-refractivity contribution < 1.29 is 37.4 Å². The smallest absolute Gasteiger partial charge is 0.475 e. The number of carbonyl (C=O) groups excluding carboxylic acids is 2. The van der Waals surface area contributed by atoms with Crippen molar-refractivity contribution in [2.75, 3.05) is 53.0 Å². The van der Waals surface area contributed by atoms with Gasteiger partial charge in [0, 0.05) is 58.4 Å². The van der Waals surface area contributed by atoms with Gasteiger partial charge in [0.2, 0.25) is 5.91 Å². The molecule has 2 N–H and O–H groups in total. The van der Waals surface area contributed by atoms with Gasteiger partial charge < -0.3 is 25.0 Å². The van der Waals surface area contributed by atoms with Crippen LogP contribution in [0.3, 0.4) is 0 Å². The number of amides is 2. The Morgan fingerprint density at radius 2 is 1.81 bits per heavy atom. The van der Waals surface area contributed by atoms with Crippen LogP contribution in [0.15, 0.2) is 24.3 Å². The number of benzene rings is 1. The molecule has 0 unspecified atom stereocenters. The molecular weight excluding hydrogens is 419 g/mol. The Bertz CT molecular complexity index is 737. The van der Waals surface area contributed by atoms with Gasteiger partial charge in [0.05, 0.1) is 6.61 Å². The van der Waals surface area contributed by atoms with Crippen molar-refractivity contribution in [2.24, 2.45) is 0 Å². The maximum Gasteiger partial charge on any atom is 0.490 e. The fourth-order valence-electron chi connectivity index (χ4n) is 2.78. The lowest BCUT2D eigenvalue weighted by Crippen LogP contribution is -2.47. The lowest BCUT2D eigenvalue weighted by atomic mass is 10.1. The molecule has 0 radical (unpaired) electrons. The average molecular weight is 447 g/mol. The first-order chi connectivity index (χ1) is 14.6. The van der Waals surface area contributed by atoms with Crippen LogP contribution in [0.25, 0.3) is 0 Å². The van der Waals surface area contributed by atoms with Crippen LogP contribution in [0, 0.1) is 6.92 Å². The highest BCUT2D eigenvalue weighted by atomic mass is 19.4. The fourth-order valence-corrected chi connectivity index (χ4v) is 2.78. The summed E-state index contributed by atoms with van der Waals surface area (Å²) in [5, 5.41) is 10.4. The van der Waals surface area contributed by atoms with E-state index in [1.54, 1.807) is 12.0 Å². The summed E-state index contributed by atoms with van der Waals surface area (Å²) in [6.07, 6.45) is -4.73. The number of carboxylic acids is 1. The topological polar surface area (TPSA) is 99.2 Å². The number of carbonyl (C=O) groups is 3. The van der Waals surface area contributed by atoms with E-state index in [0.717, 1.165) is 31.7 Å². The number of ether oxygens (including phenoxy) is 1. The van der Waals surface area contributed by atoms with Crippen molar-refractivity contribution in [3.05, 3.63) is 35.4 Å². The van der Waals surface area contributed by atoms with E-state index in [0.29, 0.717) is 31.7 Å². The van der Waals surface area contributed by atoms with Crippen molar-refractivity contribution in [2.45, 2.75) is 19.5 Å². The number of carboxylic acid groups (broad SMARTS) is 1. The average Bonchev–Trinajstić information content (AvgIpc) is 2.73. The summed E-state index contributed by atoms with van der Waals surface area (Å²) < 4.78 is 36.8. The number of aryl methyl sites for hydroxylation is 1. The molecule has 2 rings (SSSR count). The molecule has 1 aromatic rings. The maximum atomic E-state index is 12.7. The Labute approximate surface area is 178 Å². The van der Waals surface area contributed by atoms with Gasteiger partial charge in [-0.1, -0.05) is 17.7 Å². The molecule has 0 saturated carbocycles. The van der Waals surface area contributed by atoms with Crippen molar-refractivity contribution >= 4 is 17.8 Å². The Morgan fingerprint density at radius 3 is 2.32 bits per heavy atom. The van der Waals surface area contributed by atoms with Crippen molar-refractivity contribution in [3.63, 3.8) is 0 Å². The minimum Gasteiger partial charge on any atom is -0.475 e. The van der Waals surface area contributed by atoms with Gasteiger partial charge in [0.15, 0.2) is 0 Å². The molecule has 1 heterocycles. The first-order valence-corrected chi connectivity index (χ1v) is 9.69. The quantitative estimate of drug-likeness (QED) is 0.658. The maximum absolute atomic E-state index is 12.7.